The smallest absolute Gasteiger partial charge is 0.457 e. The topological polar surface area (TPSA) is 18.5 Å². The Bertz CT molecular complexity index is 1130. The van der Waals surface area contributed by atoms with Crippen LogP contribution in [0.25, 0.3) is 5.83 Å². The number of halogens is 6. The lowest BCUT2D eigenvalue weighted by atomic mass is 9.68. The molecule has 0 spiro atoms. The maximum atomic E-state index is 14.7. The van der Waals surface area contributed by atoms with Gasteiger partial charge in [-0.2, -0.15) is 22.0 Å². The van der Waals surface area contributed by atoms with Crippen LogP contribution in [0, 0.1) is 29.4 Å². The van der Waals surface area contributed by atoms with Crippen molar-refractivity contribution in [1.82, 2.24) is 0 Å². The van der Waals surface area contributed by atoms with Gasteiger partial charge in [-0.05, 0) is 79.9 Å². The molecule has 0 unspecified atom stereocenters. The maximum Gasteiger partial charge on any atom is 0.457 e. The molecule has 0 radical (unpaired) electrons. The van der Waals surface area contributed by atoms with E-state index in [1.54, 1.807) is 12.1 Å². The Labute approximate surface area is 226 Å². The molecule has 0 bridgehead atoms. The highest BCUT2D eigenvalue weighted by Crippen LogP contribution is 2.45. The number of ether oxygens (including phenoxy) is 2. The summed E-state index contributed by atoms with van der Waals surface area (Å²) in [5.41, 5.74) is 0.578. The van der Waals surface area contributed by atoms with Gasteiger partial charge >= 0.3 is 6.11 Å². The number of hydrogen-bond acceptors (Lipinski definition) is 2. The number of benzene rings is 2. The van der Waals surface area contributed by atoms with Crippen molar-refractivity contribution in [2.24, 2.45) is 17.8 Å². The first-order chi connectivity index (χ1) is 18.6. The zero-order valence-corrected chi connectivity index (χ0v) is 22.4. The summed E-state index contributed by atoms with van der Waals surface area (Å²) in [6, 6.07) is 7.29. The van der Waals surface area contributed by atoms with Crippen LogP contribution in [0.5, 0.6) is 11.5 Å². The van der Waals surface area contributed by atoms with E-state index in [1.165, 1.54) is 50.7 Å². The lowest BCUT2D eigenvalue weighted by Gasteiger charge is -2.38. The largest absolute Gasteiger partial charge is 0.494 e. The van der Waals surface area contributed by atoms with Gasteiger partial charge in [-0.3, -0.25) is 0 Å². The van der Waals surface area contributed by atoms with Crippen molar-refractivity contribution < 1.29 is 35.8 Å². The van der Waals surface area contributed by atoms with E-state index in [0.29, 0.717) is 12.0 Å². The second-order valence-electron chi connectivity index (χ2n) is 10.9. The van der Waals surface area contributed by atoms with E-state index in [-0.39, 0.29) is 0 Å². The van der Waals surface area contributed by atoms with E-state index < -0.39 is 46.5 Å². The fourth-order valence-corrected chi connectivity index (χ4v) is 6.37. The van der Waals surface area contributed by atoms with Crippen molar-refractivity contribution in [3.63, 3.8) is 0 Å². The lowest BCUT2D eigenvalue weighted by Crippen LogP contribution is -2.27. The Morgan fingerprint density at radius 3 is 1.90 bits per heavy atom. The van der Waals surface area contributed by atoms with Gasteiger partial charge in [-0.1, -0.05) is 56.9 Å². The van der Waals surface area contributed by atoms with Crippen LogP contribution in [0.1, 0.15) is 88.2 Å². The van der Waals surface area contributed by atoms with Crippen LogP contribution in [0.4, 0.5) is 26.3 Å². The van der Waals surface area contributed by atoms with Crippen molar-refractivity contribution in [2.45, 2.75) is 83.2 Å². The van der Waals surface area contributed by atoms with Crippen LogP contribution >= 0.6 is 0 Å². The molecular weight excluding hydrogens is 518 g/mol. The summed E-state index contributed by atoms with van der Waals surface area (Å²) in [7, 11) is 1.06. The molecule has 8 heteroatoms. The molecule has 4 rings (SSSR count). The molecule has 214 valence electrons. The highest BCUT2D eigenvalue weighted by molar-refractivity contribution is 5.62. The standard InChI is InChI=1S/C31H36F6O2/c1-3-4-19-5-7-20(8-6-19)21-9-11-22(12-10-21)23-13-15-24(16-14-23)27(32)30(35)31(36,37)39-26-18-17-25(38-2)28(33)29(26)34/h13-22H,3-12H2,1-2H3. The highest BCUT2D eigenvalue weighted by Gasteiger charge is 2.43. The third-order valence-corrected chi connectivity index (χ3v) is 8.58. The zero-order valence-electron chi connectivity index (χ0n) is 22.4. The van der Waals surface area contributed by atoms with Gasteiger partial charge in [-0.15, -0.1) is 0 Å². The number of methoxy groups -OCH3 is 1. The minimum absolute atomic E-state index is 0.293. The van der Waals surface area contributed by atoms with Crippen molar-refractivity contribution in [2.75, 3.05) is 7.11 Å². The monoisotopic (exact) mass is 554 g/mol. The molecule has 2 aromatic rings. The van der Waals surface area contributed by atoms with E-state index >= 15 is 0 Å². The summed E-state index contributed by atoms with van der Waals surface area (Å²) >= 11 is 0. The maximum absolute atomic E-state index is 14.7. The summed E-state index contributed by atoms with van der Waals surface area (Å²) < 4.78 is 94.2. The summed E-state index contributed by atoms with van der Waals surface area (Å²) in [6.45, 7) is 2.25. The Morgan fingerprint density at radius 2 is 1.33 bits per heavy atom. The van der Waals surface area contributed by atoms with Crippen molar-refractivity contribution >= 4 is 5.83 Å². The van der Waals surface area contributed by atoms with Crippen LogP contribution in [0.15, 0.2) is 42.2 Å². The van der Waals surface area contributed by atoms with Crippen LogP contribution in [0.2, 0.25) is 0 Å². The number of rotatable bonds is 9. The van der Waals surface area contributed by atoms with Crippen molar-refractivity contribution in [3.8, 4) is 11.5 Å². The summed E-state index contributed by atoms with van der Waals surface area (Å²) in [4.78, 5) is 0. The van der Waals surface area contributed by atoms with E-state index in [0.717, 1.165) is 62.2 Å². The quantitative estimate of drug-likeness (QED) is 0.287. The molecule has 0 aromatic heterocycles. The number of hydrogen-bond donors (Lipinski definition) is 0. The van der Waals surface area contributed by atoms with Crippen LogP contribution < -0.4 is 9.47 Å². The first kappa shape index (κ1) is 29.3. The van der Waals surface area contributed by atoms with Gasteiger partial charge in [0.1, 0.15) is 0 Å². The fourth-order valence-electron chi connectivity index (χ4n) is 6.37. The predicted octanol–water partition coefficient (Wildman–Crippen LogP) is 10.1. The van der Waals surface area contributed by atoms with Crippen LogP contribution in [-0.4, -0.2) is 13.2 Å². The molecule has 2 aliphatic carbocycles. The van der Waals surface area contributed by atoms with Gasteiger partial charge in [0, 0.05) is 5.56 Å². The normalized spacial score (nSPS) is 24.7. The first-order valence-electron chi connectivity index (χ1n) is 13.9. The second-order valence-corrected chi connectivity index (χ2v) is 10.9. The highest BCUT2D eigenvalue weighted by atomic mass is 19.3. The van der Waals surface area contributed by atoms with Gasteiger partial charge in [0.15, 0.2) is 17.3 Å². The van der Waals surface area contributed by atoms with E-state index in [4.69, 9.17) is 0 Å². The molecule has 0 N–H and O–H groups in total. The minimum Gasteiger partial charge on any atom is -0.494 e. The molecule has 2 saturated carbocycles. The third kappa shape index (κ3) is 6.75. The average Bonchev–Trinajstić information content (AvgIpc) is 2.95. The molecule has 0 saturated heterocycles. The molecule has 2 aliphatic rings. The predicted molar refractivity (Wildman–Crippen MR) is 139 cm³/mol. The van der Waals surface area contributed by atoms with E-state index in [1.807, 2.05) is 0 Å². The molecule has 0 amide bonds. The number of alkyl halides is 2. The SMILES string of the molecule is CCCC1CCC(C2CCC(c3ccc(C(F)=C(F)C(F)(F)Oc4ccc(OC)c(F)c4F)cc3)CC2)CC1. The van der Waals surface area contributed by atoms with E-state index in [2.05, 4.69) is 16.4 Å². The Balaban J connectivity index is 1.37. The fraction of sp³-hybridized carbons (Fsp3) is 0.548. The molecule has 2 nitrogen and oxygen atoms in total. The lowest BCUT2D eigenvalue weighted by molar-refractivity contribution is -0.158. The van der Waals surface area contributed by atoms with E-state index in [9.17, 15) is 26.3 Å². The Morgan fingerprint density at radius 1 is 0.795 bits per heavy atom. The van der Waals surface area contributed by atoms with Crippen molar-refractivity contribution in [3.05, 3.63) is 65.0 Å². The first-order valence-corrected chi connectivity index (χ1v) is 13.9. The molecule has 0 heterocycles. The molecule has 0 atom stereocenters. The van der Waals surface area contributed by atoms with Gasteiger partial charge in [0.25, 0.3) is 0 Å². The molecule has 2 aromatic carbocycles. The molecule has 2 fully saturated rings. The minimum atomic E-state index is -4.86. The summed E-state index contributed by atoms with van der Waals surface area (Å²) in [6.07, 6.45) is 7.36. The Hall–Kier alpha value is -2.64. The van der Waals surface area contributed by atoms with Gasteiger partial charge < -0.3 is 9.47 Å². The second kappa shape index (κ2) is 12.7. The molecule has 0 aliphatic heterocycles. The van der Waals surface area contributed by atoms with Gasteiger partial charge in [-0.25, -0.2) is 4.39 Å². The molecule has 39 heavy (non-hydrogen) atoms. The summed E-state index contributed by atoms with van der Waals surface area (Å²) in [5, 5.41) is 0. The van der Waals surface area contributed by atoms with Crippen molar-refractivity contribution in [1.29, 1.82) is 0 Å². The van der Waals surface area contributed by atoms with Crippen LogP contribution in [0.3, 0.4) is 0 Å². The van der Waals surface area contributed by atoms with Gasteiger partial charge in [0.2, 0.25) is 17.5 Å². The van der Waals surface area contributed by atoms with Gasteiger partial charge in [0.05, 0.1) is 7.11 Å². The average molecular weight is 555 g/mol. The van der Waals surface area contributed by atoms with Crippen LogP contribution in [-0.2, 0) is 0 Å². The molecular formula is C31H36F6O2. The summed E-state index contributed by atoms with van der Waals surface area (Å²) in [5.74, 6) is -6.85. The zero-order chi connectivity index (χ0) is 28.2. The third-order valence-electron chi connectivity index (χ3n) is 8.58. The Kier molecular flexibility index (Phi) is 9.55.